The third kappa shape index (κ3) is 2.91. The van der Waals surface area contributed by atoms with E-state index in [0.29, 0.717) is 12.6 Å². The van der Waals surface area contributed by atoms with Crippen LogP contribution in [0.1, 0.15) is 31.7 Å². The Labute approximate surface area is 107 Å². The predicted molar refractivity (Wildman–Crippen MR) is 69.9 cm³/mol. The molecule has 1 heterocycles. The molecule has 3 nitrogen and oxygen atoms in total. The maximum Gasteiger partial charge on any atom is 0.488 e. The minimum Gasteiger partial charge on any atom is -0.423 e. The molecule has 1 atom stereocenters. The van der Waals surface area contributed by atoms with Gasteiger partial charge in [-0.1, -0.05) is 13.0 Å². The van der Waals surface area contributed by atoms with Crippen molar-refractivity contribution in [3.8, 4) is 0 Å². The van der Waals surface area contributed by atoms with Crippen molar-refractivity contribution in [1.82, 2.24) is 4.90 Å². The molecule has 1 unspecified atom stereocenters. The molecule has 0 saturated carbocycles. The molecule has 1 fully saturated rings. The molecule has 0 bridgehead atoms. The summed E-state index contributed by atoms with van der Waals surface area (Å²) in [6, 6.07) is 4.78. The molecule has 5 heteroatoms. The van der Waals surface area contributed by atoms with Crippen LogP contribution >= 0.6 is 0 Å². The number of benzene rings is 1. The number of rotatable bonds is 4. The van der Waals surface area contributed by atoms with Crippen LogP contribution in [0.3, 0.4) is 0 Å². The summed E-state index contributed by atoms with van der Waals surface area (Å²) in [7, 11) is -1.61. The van der Waals surface area contributed by atoms with Gasteiger partial charge in [-0.05, 0) is 49.0 Å². The highest BCUT2D eigenvalue weighted by Gasteiger charge is 2.25. The fourth-order valence-corrected chi connectivity index (χ4v) is 2.73. The lowest BCUT2D eigenvalue weighted by Crippen LogP contribution is -2.37. The highest BCUT2D eigenvalue weighted by Crippen LogP contribution is 2.21. The van der Waals surface area contributed by atoms with Crippen molar-refractivity contribution >= 4 is 12.6 Å². The first-order valence-corrected chi connectivity index (χ1v) is 6.50. The summed E-state index contributed by atoms with van der Waals surface area (Å²) in [5.41, 5.74) is 1.07. The van der Waals surface area contributed by atoms with E-state index < -0.39 is 12.9 Å². The summed E-state index contributed by atoms with van der Waals surface area (Å²) < 4.78 is 13.1. The van der Waals surface area contributed by atoms with Crippen LogP contribution in [0, 0.1) is 5.82 Å². The van der Waals surface area contributed by atoms with E-state index in [2.05, 4.69) is 11.8 Å². The van der Waals surface area contributed by atoms with Crippen molar-refractivity contribution in [3.63, 3.8) is 0 Å². The van der Waals surface area contributed by atoms with Gasteiger partial charge in [0, 0.05) is 12.6 Å². The molecule has 98 valence electrons. The van der Waals surface area contributed by atoms with Crippen LogP contribution in [-0.2, 0) is 6.54 Å². The van der Waals surface area contributed by atoms with Crippen molar-refractivity contribution in [3.05, 3.63) is 29.6 Å². The zero-order valence-electron chi connectivity index (χ0n) is 10.6. The monoisotopic (exact) mass is 251 g/mol. The molecular weight excluding hydrogens is 232 g/mol. The molecule has 18 heavy (non-hydrogen) atoms. The lowest BCUT2D eigenvalue weighted by atomic mass is 9.77. The Bertz CT molecular complexity index is 414. The number of hydrogen-bond donors (Lipinski definition) is 2. The van der Waals surface area contributed by atoms with Crippen molar-refractivity contribution in [2.24, 2.45) is 0 Å². The summed E-state index contributed by atoms with van der Waals surface area (Å²) in [6.07, 6.45) is 3.46. The Morgan fingerprint density at radius 2 is 2.22 bits per heavy atom. The first-order valence-electron chi connectivity index (χ1n) is 6.50. The van der Waals surface area contributed by atoms with Gasteiger partial charge in [0.1, 0.15) is 5.82 Å². The third-order valence-corrected chi connectivity index (χ3v) is 3.73. The minimum atomic E-state index is -1.61. The van der Waals surface area contributed by atoms with Crippen LogP contribution < -0.4 is 5.46 Å². The van der Waals surface area contributed by atoms with Crippen molar-refractivity contribution in [1.29, 1.82) is 0 Å². The average Bonchev–Trinajstić information content (AvgIpc) is 2.78. The summed E-state index contributed by atoms with van der Waals surface area (Å²) in [5.74, 6) is -0.435. The topological polar surface area (TPSA) is 43.7 Å². The molecule has 0 amide bonds. The van der Waals surface area contributed by atoms with Gasteiger partial charge in [-0.2, -0.15) is 0 Å². The van der Waals surface area contributed by atoms with Gasteiger partial charge in [-0.15, -0.1) is 0 Å². The molecule has 1 aliphatic rings. The molecule has 1 aromatic rings. The minimum absolute atomic E-state index is 0.275. The summed E-state index contributed by atoms with van der Waals surface area (Å²) in [5, 5.41) is 18.6. The van der Waals surface area contributed by atoms with Crippen LogP contribution in [0.2, 0.25) is 0 Å². The van der Waals surface area contributed by atoms with Crippen LogP contribution in [0.25, 0.3) is 0 Å². The van der Waals surface area contributed by atoms with E-state index in [1.54, 1.807) is 6.07 Å². The second-order valence-electron chi connectivity index (χ2n) is 4.89. The maximum absolute atomic E-state index is 13.1. The van der Waals surface area contributed by atoms with Crippen LogP contribution in [0.4, 0.5) is 4.39 Å². The number of nitrogens with zero attached hydrogens (tertiary/aromatic N) is 1. The number of likely N-dealkylation sites (tertiary alicyclic amines) is 1. The van der Waals surface area contributed by atoms with Gasteiger partial charge in [0.15, 0.2) is 0 Å². The second kappa shape index (κ2) is 5.82. The zero-order chi connectivity index (χ0) is 13.1. The number of hydrogen-bond acceptors (Lipinski definition) is 3. The van der Waals surface area contributed by atoms with Gasteiger partial charge in [0.05, 0.1) is 0 Å². The van der Waals surface area contributed by atoms with Gasteiger partial charge in [0.25, 0.3) is 0 Å². The first-order chi connectivity index (χ1) is 8.61. The van der Waals surface area contributed by atoms with Gasteiger partial charge in [-0.25, -0.2) is 4.39 Å². The van der Waals surface area contributed by atoms with Crippen molar-refractivity contribution < 1.29 is 14.4 Å². The Balaban J connectivity index is 2.18. The zero-order valence-corrected chi connectivity index (χ0v) is 10.6. The molecule has 0 spiro atoms. The molecule has 1 aliphatic heterocycles. The molecular formula is C13H19BFNO2. The van der Waals surface area contributed by atoms with E-state index in [9.17, 15) is 14.4 Å². The Kier molecular flexibility index (Phi) is 4.38. The summed E-state index contributed by atoms with van der Waals surface area (Å²) >= 11 is 0. The number of halogens is 1. The largest absolute Gasteiger partial charge is 0.488 e. The highest BCUT2D eigenvalue weighted by atomic mass is 19.1. The van der Waals surface area contributed by atoms with Crippen molar-refractivity contribution in [2.45, 2.75) is 38.8 Å². The SMILES string of the molecule is CCC1CCCN1Cc1ccc(F)cc1B(O)O. The quantitative estimate of drug-likeness (QED) is 0.781. The van der Waals surface area contributed by atoms with Crippen LogP contribution in [-0.4, -0.2) is 34.7 Å². The lowest BCUT2D eigenvalue weighted by Gasteiger charge is -2.24. The molecule has 0 radical (unpaired) electrons. The van der Waals surface area contributed by atoms with Gasteiger partial charge < -0.3 is 10.0 Å². The highest BCUT2D eigenvalue weighted by molar-refractivity contribution is 6.59. The van der Waals surface area contributed by atoms with Gasteiger partial charge >= 0.3 is 7.12 Å². The fraction of sp³-hybridized carbons (Fsp3) is 0.538. The van der Waals surface area contributed by atoms with Crippen molar-refractivity contribution in [2.75, 3.05) is 6.54 Å². The van der Waals surface area contributed by atoms with E-state index in [-0.39, 0.29) is 5.46 Å². The van der Waals surface area contributed by atoms with Crippen LogP contribution in [0.5, 0.6) is 0 Å². The summed E-state index contributed by atoms with van der Waals surface area (Å²) in [4.78, 5) is 2.33. The smallest absolute Gasteiger partial charge is 0.423 e. The summed E-state index contributed by atoms with van der Waals surface area (Å²) in [6.45, 7) is 3.85. The predicted octanol–water partition coefficient (Wildman–Crippen LogP) is 0.880. The Morgan fingerprint density at radius 3 is 2.89 bits per heavy atom. The molecule has 2 N–H and O–H groups in total. The molecule has 1 aromatic carbocycles. The van der Waals surface area contributed by atoms with Gasteiger partial charge in [0.2, 0.25) is 0 Å². The molecule has 2 rings (SSSR count). The first kappa shape index (κ1) is 13.5. The molecule has 0 aromatic heterocycles. The lowest BCUT2D eigenvalue weighted by molar-refractivity contribution is 0.240. The van der Waals surface area contributed by atoms with Gasteiger partial charge in [-0.3, -0.25) is 4.90 Å². The van der Waals surface area contributed by atoms with E-state index in [0.717, 1.165) is 18.5 Å². The fourth-order valence-electron chi connectivity index (χ4n) is 2.73. The standard InChI is InChI=1S/C13H19BFNO2/c1-2-12-4-3-7-16(12)9-10-5-6-11(15)8-13(10)14(17)18/h5-6,8,12,17-18H,2-4,7,9H2,1H3. The Hall–Kier alpha value is -0.905. The second-order valence-corrected chi connectivity index (χ2v) is 4.89. The third-order valence-electron chi connectivity index (χ3n) is 3.73. The van der Waals surface area contributed by atoms with E-state index in [1.165, 1.54) is 25.0 Å². The average molecular weight is 251 g/mol. The van der Waals surface area contributed by atoms with E-state index >= 15 is 0 Å². The Morgan fingerprint density at radius 1 is 1.44 bits per heavy atom. The van der Waals surface area contributed by atoms with Crippen LogP contribution in [0.15, 0.2) is 18.2 Å². The molecule has 0 aliphatic carbocycles. The van der Waals surface area contributed by atoms with E-state index in [4.69, 9.17) is 0 Å². The maximum atomic E-state index is 13.1. The van der Waals surface area contributed by atoms with E-state index in [1.807, 2.05) is 0 Å². The molecule has 1 saturated heterocycles. The normalized spacial score (nSPS) is 20.3.